The van der Waals surface area contributed by atoms with Gasteiger partial charge in [-0.1, -0.05) is 6.07 Å². The molecule has 0 bridgehead atoms. The Morgan fingerprint density at radius 3 is 2.80 bits per heavy atom. The molecule has 0 aliphatic carbocycles. The zero-order valence-electron chi connectivity index (χ0n) is 14.2. The largest absolute Gasteiger partial charge is 0.388 e. The summed E-state index contributed by atoms with van der Waals surface area (Å²) >= 11 is 0. The van der Waals surface area contributed by atoms with E-state index >= 15 is 0 Å². The maximum absolute atomic E-state index is 12.6. The van der Waals surface area contributed by atoms with Crippen molar-refractivity contribution in [2.45, 2.75) is 38.2 Å². The Bertz CT molecular complexity index is 803. The Morgan fingerprint density at radius 1 is 1.24 bits per heavy atom. The van der Waals surface area contributed by atoms with E-state index in [0.717, 1.165) is 17.1 Å². The number of fused-ring (bicyclic) bond motifs is 1. The van der Waals surface area contributed by atoms with Gasteiger partial charge < -0.3 is 19.9 Å². The van der Waals surface area contributed by atoms with Gasteiger partial charge in [-0.05, 0) is 38.1 Å². The van der Waals surface area contributed by atoms with Crippen LogP contribution in [0.2, 0.25) is 0 Å². The van der Waals surface area contributed by atoms with E-state index in [2.05, 4.69) is 10.4 Å². The predicted octanol–water partition coefficient (Wildman–Crippen LogP) is 0.746. The van der Waals surface area contributed by atoms with E-state index in [9.17, 15) is 9.90 Å². The molecule has 7 heteroatoms. The average Bonchev–Trinajstić information content (AvgIpc) is 3.26. The van der Waals surface area contributed by atoms with Gasteiger partial charge >= 0.3 is 0 Å². The van der Waals surface area contributed by atoms with Gasteiger partial charge in [0.1, 0.15) is 18.3 Å². The summed E-state index contributed by atoms with van der Waals surface area (Å²) in [5.41, 5.74) is 3.33. The first kappa shape index (κ1) is 16.3. The van der Waals surface area contributed by atoms with Crippen LogP contribution in [-0.4, -0.2) is 58.4 Å². The Morgan fingerprint density at radius 2 is 2.04 bits per heavy atom. The van der Waals surface area contributed by atoms with Crippen LogP contribution >= 0.6 is 0 Å². The number of benzene rings is 1. The van der Waals surface area contributed by atoms with E-state index in [0.29, 0.717) is 12.2 Å². The monoisotopic (exact) mass is 343 g/mol. The molecule has 3 heterocycles. The second kappa shape index (κ2) is 6.25. The number of amides is 1. The van der Waals surface area contributed by atoms with Gasteiger partial charge in [0, 0.05) is 11.3 Å². The minimum Gasteiger partial charge on any atom is -0.388 e. The van der Waals surface area contributed by atoms with Crippen molar-refractivity contribution in [3.8, 4) is 5.69 Å². The van der Waals surface area contributed by atoms with Gasteiger partial charge in [-0.15, -0.1) is 0 Å². The van der Waals surface area contributed by atoms with Crippen molar-refractivity contribution < 1.29 is 19.4 Å². The molecule has 1 aromatic heterocycles. The zero-order valence-corrected chi connectivity index (χ0v) is 14.2. The maximum atomic E-state index is 12.6. The number of aryl methyl sites for hydroxylation is 2. The summed E-state index contributed by atoms with van der Waals surface area (Å²) in [5.74, 6) is -0.192. The fourth-order valence-electron chi connectivity index (χ4n) is 3.52. The Labute approximate surface area is 145 Å². The standard InChI is InChI=1S/C18H21N3O4/c1-10-6-11(2)21(20-10)13-5-3-4-12(7-13)18(23)19-14-8-24-17-15(22)9-25-16(14)17/h3-7,14-17,22H,8-9H2,1-2H3,(H,19,23)/t14-,15-,16+,17+/m0/s1. The van der Waals surface area contributed by atoms with Crippen LogP contribution in [0.1, 0.15) is 21.7 Å². The van der Waals surface area contributed by atoms with Crippen molar-refractivity contribution in [1.82, 2.24) is 15.1 Å². The van der Waals surface area contributed by atoms with Gasteiger partial charge in [-0.3, -0.25) is 4.79 Å². The van der Waals surface area contributed by atoms with E-state index in [1.54, 1.807) is 6.07 Å². The molecule has 4 atom stereocenters. The van der Waals surface area contributed by atoms with Crippen LogP contribution in [0.5, 0.6) is 0 Å². The number of nitrogens with zero attached hydrogens (tertiary/aromatic N) is 2. The van der Waals surface area contributed by atoms with E-state index < -0.39 is 6.10 Å². The third-order valence-electron chi connectivity index (χ3n) is 4.71. The van der Waals surface area contributed by atoms with E-state index in [1.807, 2.05) is 42.8 Å². The van der Waals surface area contributed by atoms with Crippen molar-refractivity contribution in [3.05, 3.63) is 47.3 Å². The Kier molecular flexibility index (Phi) is 4.07. The molecule has 2 N–H and O–H groups in total. The summed E-state index contributed by atoms with van der Waals surface area (Å²) in [6.07, 6.45) is -1.27. The smallest absolute Gasteiger partial charge is 0.251 e. The van der Waals surface area contributed by atoms with Crippen LogP contribution in [0.4, 0.5) is 0 Å². The molecule has 2 aromatic rings. The lowest BCUT2D eigenvalue weighted by atomic mass is 10.1. The molecule has 2 fully saturated rings. The van der Waals surface area contributed by atoms with Gasteiger partial charge in [0.25, 0.3) is 5.91 Å². The molecule has 2 aliphatic heterocycles. The summed E-state index contributed by atoms with van der Waals surface area (Å²) in [7, 11) is 0. The number of rotatable bonds is 3. The highest BCUT2D eigenvalue weighted by Crippen LogP contribution is 2.27. The lowest BCUT2D eigenvalue weighted by molar-refractivity contribution is 0.0178. The molecule has 0 radical (unpaired) electrons. The van der Waals surface area contributed by atoms with Crippen LogP contribution in [-0.2, 0) is 9.47 Å². The van der Waals surface area contributed by atoms with Crippen LogP contribution in [0.3, 0.4) is 0 Å². The Balaban J connectivity index is 1.51. The number of aliphatic hydroxyl groups excluding tert-OH is 1. The highest BCUT2D eigenvalue weighted by molar-refractivity contribution is 5.95. The molecular weight excluding hydrogens is 322 g/mol. The third-order valence-corrected chi connectivity index (χ3v) is 4.71. The van der Waals surface area contributed by atoms with Gasteiger partial charge in [0.2, 0.25) is 0 Å². The van der Waals surface area contributed by atoms with Gasteiger partial charge in [-0.25, -0.2) is 4.68 Å². The molecule has 132 valence electrons. The van der Waals surface area contributed by atoms with E-state index in [1.165, 1.54) is 0 Å². The number of aromatic nitrogens is 2. The fraction of sp³-hybridized carbons (Fsp3) is 0.444. The van der Waals surface area contributed by atoms with E-state index in [4.69, 9.17) is 9.47 Å². The molecule has 2 aliphatic rings. The summed E-state index contributed by atoms with van der Waals surface area (Å²) < 4.78 is 12.9. The number of carbonyl (C=O) groups excluding carboxylic acids is 1. The number of hydrogen-bond acceptors (Lipinski definition) is 5. The van der Waals surface area contributed by atoms with Crippen molar-refractivity contribution in [2.24, 2.45) is 0 Å². The predicted molar refractivity (Wildman–Crippen MR) is 89.8 cm³/mol. The van der Waals surface area contributed by atoms with Crippen molar-refractivity contribution in [2.75, 3.05) is 13.2 Å². The minimum absolute atomic E-state index is 0.192. The fourth-order valence-corrected chi connectivity index (χ4v) is 3.52. The molecule has 0 unspecified atom stereocenters. The molecule has 4 rings (SSSR count). The number of ether oxygens (including phenoxy) is 2. The highest BCUT2D eigenvalue weighted by atomic mass is 16.6. The first-order valence-corrected chi connectivity index (χ1v) is 8.39. The third kappa shape index (κ3) is 2.95. The molecule has 1 aromatic carbocycles. The first-order valence-electron chi connectivity index (χ1n) is 8.39. The van der Waals surface area contributed by atoms with Crippen LogP contribution in [0, 0.1) is 13.8 Å². The van der Waals surface area contributed by atoms with Gasteiger partial charge in [-0.2, -0.15) is 5.10 Å². The first-order chi connectivity index (χ1) is 12.0. The number of aliphatic hydroxyl groups is 1. The molecule has 25 heavy (non-hydrogen) atoms. The van der Waals surface area contributed by atoms with Crippen LogP contribution < -0.4 is 5.32 Å². The van der Waals surface area contributed by atoms with Gasteiger partial charge in [0.15, 0.2) is 0 Å². The van der Waals surface area contributed by atoms with Crippen LogP contribution in [0.15, 0.2) is 30.3 Å². The lowest BCUT2D eigenvalue weighted by Gasteiger charge is -2.17. The number of carbonyl (C=O) groups is 1. The van der Waals surface area contributed by atoms with Crippen molar-refractivity contribution in [3.63, 3.8) is 0 Å². The highest BCUT2D eigenvalue weighted by Gasteiger charge is 2.47. The maximum Gasteiger partial charge on any atom is 0.251 e. The molecule has 2 saturated heterocycles. The minimum atomic E-state index is -0.624. The lowest BCUT2D eigenvalue weighted by Crippen LogP contribution is -2.44. The number of hydrogen-bond donors (Lipinski definition) is 2. The second-order valence-corrected chi connectivity index (χ2v) is 6.63. The average molecular weight is 343 g/mol. The second-order valence-electron chi connectivity index (χ2n) is 6.63. The van der Waals surface area contributed by atoms with Crippen molar-refractivity contribution in [1.29, 1.82) is 0 Å². The molecule has 0 saturated carbocycles. The summed E-state index contributed by atoms with van der Waals surface area (Å²) in [6.45, 7) is 4.50. The SMILES string of the molecule is Cc1cc(C)n(-c2cccc(C(=O)N[C@H]3CO[C@H]4[C@@H]3OC[C@@H]4O)c2)n1. The quantitative estimate of drug-likeness (QED) is 0.859. The molecule has 1 amide bonds. The summed E-state index contributed by atoms with van der Waals surface area (Å²) in [4.78, 5) is 12.6. The molecule has 0 spiro atoms. The zero-order chi connectivity index (χ0) is 17.6. The van der Waals surface area contributed by atoms with E-state index in [-0.39, 0.29) is 30.8 Å². The topological polar surface area (TPSA) is 85.6 Å². The summed E-state index contributed by atoms with van der Waals surface area (Å²) in [5, 5.41) is 17.2. The van der Waals surface area contributed by atoms with Gasteiger partial charge in [0.05, 0.1) is 30.6 Å². The Hall–Kier alpha value is -2.22. The number of nitrogens with one attached hydrogen (secondary N) is 1. The summed E-state index contributed by atoms with van der Waals surface area (Å²) in [6, 6.07) is 9.07. The van der Waals surface area contributed by atoms with Crippen LogP contribution in [0.25, 0.3) is 5.69 Å². The normalized spacial score (nSPS) is 28.1. The molecular formula is C18H21N3O4. The molecule has 7 nitrogen and oxygen atoms in total. The van der Waals surface area contributed by atoms with Crippen molar-refractivity contribution >= 4 is 5.91 Å².